The summed E-state index contributed by atoms with van der Waals surface area (Å²) in [5.74, 6) is 0. The molecule has 2 nitrogen and oxygen atoms in total. The van der Waals surface area contributed by atoms with Crippen molar-refractivity contribution < 1.29 is 9.84 Å². The molecule has 1 saturated heterocycles. The van der Waals surface area contributed by atoms with Gasteiger partial charge in [-0.15, -0.1) is 0 Å². The third-order valence-corrected chi connectivity index (χ3v) is 4.76. The van der Waals surface area contributed by atoms with Gasteiger partial charge in [0.1, 0.15) is 6.10 Å². The van der Waals surface area contributed by atoms with Crippen molar-refractivity contribution in [2.45, 2.75) is 38.9 Å². The molecule has 1 fully saturated rings. The quantitative estimate of drug-likeness (QED) is 0.770. The van der Waals surface area contributed by atoms with E-state index >= 15 is 0 Å². The van der Waals surface area contributed by atoms with Gasteiger partial charge in [0.05, 0.1) is 6.10 Å². The van der Waals surface area contributed by atoms with Crippen LogP contribution in [0.25, 0.3) is 16.3 Å². The molecule has 0 saturated carbocycles. The highest BCUT2D eigenvalue weighted by molar-refractivity contribution is 5.86. The van der Waals surface area contributed by atoms with Crippen LogP contribution in [0.3, 0.4) is 0 Å². The average molecular weight is 334 g/mol. The Morgan fingerprint density at radius 2 is 1.80 bits per heavy atom. The van der Waals surface area contributed by atoms with Crippen molar-refractivity contribution in [3.63, 3.8) is 0 Å². The minimum atomic E-state index is -0.381. The van der Waals surface area contributed by atoms with E-state index in [9.17, 15) is 5.11 Å². The Morgan fingerprint density at radius 1 is 1.04 bits per heavy atom. The van der Waals surface area contributed by atoms with Crippen LogP contribution < -0.4 is 0 Å². The van der Waals surface area contributed by atoms with Crippen molar-refractivity contribution in [2.24, 2.45) is 0 Å². The lowest BCUT2D eigenvalue weighted by atomic mass is 9.99. The molecule has 2 heteroatoms. The molecular weight excluding hydrogens is 308 g/mol. The second kappa shape index (κ2) is 8.28. The Labute approximate surface area is 150 Å². The number of aliphatic hydroxyl groups is 1. The number of ether oxygens (including phenoxy) is 1. The van der Waals surface area contributed by atoms with E-state index in [1.807, 2.05) is 25.2 Å². The van der Waals surface area contributed by atoms with E-state index in [1.165, 1.54) is 21.9 Å². The van der Waals surface area contributed by atoms with Crippen LogP contribution in [0, 0.1) is 0 Å². The van der Waals surface area contributed by atoms with E-state index in [0.717, 1.165) is 25.0 Å². The van der Waals surface area contributed by atoms with E-state index in [1.54, 1.807) is 0 Å². The number of hydrogen-bond donors (Lipinski definition) is 1. The first-order valence-electron chi connectivity index (χ1n) is 8.96. The Hall–Kier alpha value is -2.16. The summed E-state index contributed by atoms with van der Waals surface area (Å²) >= 11 is 0. The summed E-state index contributed by atoms with van der Waals surface area (Å²) in [6, 6.07) is 15.0. The topological polar surface area (TPSA) is 29.5 Å². The van der Waals surface area contributed by atoms with E-state index in [2.05, 4.69) is 55.5 Å². The zero-order valence-electron chi connectivity index (χ0n) is 15.0. The van der Waals surface area contributed by atoms with Gasteiger partial charge in [0.15, 0.2) is 0 Å². The molecule has 2 atom stereocenters. The van der Waals surface area contributed by atoms with Gasteiger partial charge in [-0.2, -0.15) is 0 Å². The lowest BCUT2D eigenvalue weighted by Gasteiger charge is -2.28. The summed E-state index contributed by atoms with van der Waals surface area (Å²) in [5.41, 5.74) is 3.53. The van der Waals surface area contributed by atoms with Gasteiger partial charge in [-0.25, -0.2) is 0 Å². The molecule has 2 aromatic rings. The molecule has 3 rings (SSSR count). The maximum absolute atomic E-state index is 10.0. The highest BCUT2D eigenvalue weighted by atomic mass is 16.5. The van der Waals surface area contributed by atoms with Crippen molar-refractivity contribution in [3.05, 3.63) is 77.9 Å². The predicted molar refractivity (Wildman–Crippen MR) is 105 cm³/mol. The van der Waals surface area contributed by atoms with Gasteiger partial charge in [-0.1, -0.05) is 60.7 Å². The van der Waals surface area contributed by atoms with Crippen LogP contribution in [0.5, 0.6) is 0 Å². The van der Waals surface area contributed by atoms with Crippen LogP contribution in [-0.2, 0) is 4.74 Å². The highest BCUT2D eigenvalue weighted by Gasteiger charge is 2.24. The third-order valence-electron chi connectivity index (χ3n) is 4.76. The molecule has 0 aromatic heterocycles. The van der Waals surface area contributed by atoms with E-state index in [-0.39, 0.29) is 12.2 Å². The fourth-order valence-electron chi connectivity index (χ4n) is 3.23. The van der Waals surface area contributed by atoms with Crippen LogP contribution in [0.4, 0.5) is 0 Å². The summed E-state index contributed by atoms with van der Waals surface area (Å²) in [6.45, 7) is 4.88. The predicted octanol–water partition coefficient (Wildman–Crippen LogP) is 5.29. The number of allylic oxidation sites excluding steroid dienone is 5. The molecule has 0 spiro atoms. The van der Waals surface area contributed by atoms with Crippen molar-refractivity contribution >= 4 is 16.3 Å². The van der Waals surface area contributed by atoms with Crippen molar-refractivity contribution in [1.29, 1.82) is 0 Å². The Balaban J connectivity index is 1.69. The monoisotopic (exact) mass is 334 g/mol. The lowest BCUT2D eigenvalue weighted by Crippen LogP contribution is -2.34. The Kier molecular flexibility index (Phi) is 5.85. The molecular formula is C23H26O2. The molecule has 0 aliphatic carbocycles. The van der Waals surface area contributed by atoms with Gasteiger partial charge in [0.25, 0.3) is 0 Å². The molecule has 1 aliphatic heterocycles. The fourth-order valence-corrected chi connectivity index (χ4v) is 3.23. The van der Waals surface area contributed by atoms with Crippen molar-refractivity contribution in [2.75, 3.05) is 6.61 Å². The summed E-state index contributed by atoms with van der Waals surface area (Å²) < 4.78 is 5.67. The van der Waals surface area contributed by atoms with Crippen LogP contribution in [0.15, 0.2) is 72.3 Å². The highest BCUT2D eigenvalue weighted by Crippen LogP contribution is 2.22. The van der Waals surface area contributed by atoms with Crippen LogP contribution in [0.2, 0.25) is 0 Å². The number of hydrogen-bond acceptors (Lipinski definition) is 2. The zero-order valence-corrected chi connectivity index (χ0v) is 15.0. The van der Waals surface area contributed by atoms with Crippen molar-refractivity contribution in [3.8, 4) is 0 Å². The van der Waals surface area contributed by atoms with Gasteiger partial charge in [-0.3, -0.25) is 0 Å². The molecule has 1 aliphatic rings. The minimum Gasteiger partial charge on any atom is -0.390 e. The van der Waals surface area contributed by atoms with E-state index in [0.29, 0.717) is 0 Å². The zero-order chi connectivity index (χ0) is 17.6. The standard InChI is InChI=1S/C23H26O2/c1-17(20-14-13-19-10-5-6-11-21(19)16-20)8-3-4-9-18(2)23-22(24)12-7-15-25-23/h3-6,8-11,13-14,16,22-24H,7,12,15H2,1-2H3/t22-,23+/m1/s1. The number of benzene rings is 2. The number of rotatable bonds is 4. The summed E-state index contributed by atoms with van der Waals surface area (Å²) in [4.78, 5) is 0. The first kappa shape index (κ1) is 17.7. The molecule has 1 heterocycles. The van der Waals surface area contributed by atoms with E-state index < -0.39 is 0 Å². The molecule has 25 heavy (non-hydrogen) atoms. The Morgan fingerprint density at radius 3 is 2.60 bits per heavy atom. The smallest absolute Gasteiger partial charge is 0.104 e. The van der Waals surface area contributed by atoms with Gasteiger partial charge < -0.3 is 9.84 Å². The van der Waals surface area contributed by atoms with Crippen molar-refractivity contribution in [1.82, 2.24) is 0 Å². The summed E-state index contributed by atoms with van der Waals surface area (Å²) in [6.07, 6.45) is 9.43. The molecule has 0 radical (unpaired) electrons. The number of aliphatic hydroxyl groups excluding tert-OH is 1. The molecule has 130 valence electrons. The fraction of sp³-hybridized carbons (Fsp3) is 0.304. The SMILES string of the molecule is CC(=CC=CC=C(C)[C@@H]1OCCC[C@H]1O)c1ccc2ccccc2c1. The van der Waals surface area contributed by atoms with Gasteiger partial charge in [0.2, 0.25) is 0 Å². The molecule has 1 N–H and O–H groups in total. The second-order valence-electron chi connectivity index (χ2n) is 6.71. The Bertz CT molecular complexity index is 814. The first-order valence-corrected chi connectivity index (χ1v) is 8.96. The summed E-state index contributed by atoms with van der Waals surface area (Å²) in [5, 5.41) is 12.5. The largest absolute Gasteiger partial charge is 0.390 e. The van der Waals surface area contributed by atoms with Crippen LogP contribution in [0.1, 0.15) is 32.3 Å². The molecule has 0 unspecified atom stereocenters. The average Bonchev–Trinajstić information content (AvgIpc) is 2.64. The third kappa shape index (κ3) is 4.47. The lowest BCUT2D eigenvalue weighted by molar-refractivity contribution is -0.0540. The first-order chi connectivity index (χ1) is 12.1. The van der Waals surface area contributed by atoms with Gasteiger partial charge in [0, 0.05) is 6.61 Å². The summed E-state index contributed by atoms with van der Waals surface area (Å²) in [7, 11) is 0. The normalized spacial score (nSPS) is 22.7. The maximum atomic E-state index is 10.0. The van der Waals surface area contributed by atoms with Crippen LogP contribution in [-0.4, -0.2) is 23.9 Å². The molecule has 0 amide bonds. The van der Waals surface area contributed by atoms with Gasteiger partial charge in [-0.05, 0) is 60.2 Å². The number of fused-ring (bicyclic) bond motifs is 1. The van der Waals surface area contributed by atoms with E-state index in [4.69, 9.17) is 4.74 Å². The second-order valence-corrected chi connectivity index (χ2v) is 6.71. The molecule has 0 bridgehead atoms. The molecule has 2 aromatic carbocycles. The minimum absolute atomic E-state index is 0.163. The maximum Gasteiger partial charge on any atom is 0.104 e. The van der Waals surface area contributed by atoms with Crippen LogP contribution >= 0.6 is 0 Å². The van der Waals surface area contributed by atoms with Gasteiger partial charge >= 0.3 is 0 Å².